The van der Waals surface area contributed by atoms with Crippen molar-refractivity contribution in [2.45, 2.75) is 5.16 Å². The van der Waals surface area contributed by atoms with Crippen LogP contribution < -0.4 is 5.32 Å². The minimum atomic E-state index is -0.245. The largest absolute Gasteiger partial charge is 0.446 e. The summed E-state index contributed by atoms with van der Waals surface area (Å²) in [4.78, 5) is 12.2. The molecule has 25 heavy (non-hydrogen) atoms. The molecule has 0 bridgehead atoms. The van der Waals surface area contributed by atoms with E-state index >= 15 is 0 Å². The highest BCUT2D eigenvalue weighted by Crippen LogP contribution is 2.30. The molecule has 3 aromatic rings. The Morgan fingerprint density at radius 2 is 2.00 bits per heavy atom. The predicted octanol–water partition coefficient (Wildman–Crippen LogP) is 4.88. The highest BCUT2D eigenvalue weighted by molar-refractivity contribution is 9.10. The van der Waals surface area contributed by atoms with Gasteiger partial charge in [-0.2, -0.15) is 0 Å². The third-order valence-electron chi connectivity index (χ3n) is 3.19. The molecule has 2 heterocycles. The summed E-state index contributed by atoms with van der Waals surface area (Å²) in [6, 6.07) is 8.59. The summed E-state index contributed by atoms with van der Waals surface area (Å²) in [6.45, 7) is 0. The van der Waals surface area contributed by atoms with E-state index in [1.165, 1.54) is 11.8 Å². The fourth-order valence-corrected chi connectivity index (χ4v) is 3.52. The Kier molecular flexibility index (Phi) is 5.73. The number of benzene rings is 1. The topological polar surface area (TPSA) is 73.0 Å². The lowest BCUT2D eigenvalue weighted by Crippen LogP contribution is -2.15. The molecule has 0 atom stereocenters. The molecule has 1 N–H and O–H groups in total. The molecule has 0 saturated carbocycles. The summed E-state index contributed by atoms with van der Waals surface area (Å²) in [5.41, 5.74) is 0.399. The fourth-order valence-electron chi connectivity index (χ4n) is 2.01. The molecule has 10 heteroatoms. The Bertz CT molecular complexity index is 908. The van der Waals surface area contributed by atoms with Crippen molar-refractivity contribution < 1.29 is 9.21 Å². The van der Waals surface area contributed by atoms with Crippen molar-refractivity contribution in [1.82, 2.24) is 14.8 Å². The minimum Gasteiger partial charge on any atom is -0.446 e. The molecular weight excluding hydrogens is 451 g/mol. The van der Waals surface area contributed by atoms with Gasteiger partial charge in [0.1, 0.15) is 0 Å². The molecule has 3 rings (SSSR count). The zero-order chi connectivity index (χ0) is 18.0. The van der Waals surface area contributed by atoms with Crippen LogP contribution in [-0.2, 0) is 11.8 Å². The van der Waals surface area contributed by atoms with Crippen molar-refractivity contribution in [3.8, 4) is 11.6 Å². The second-order valence-corrected chi connectivity index (χ2v) is 7.44. The lowest BCUT2D eigenvalue weighted by molar-refractivity contribution is -0.113. The van der Waals surface area contributed by atoms with E-state index in [2.05, 4.69) is 31.4 Å². The van der Waals surface area contributed by atoms with Gasteiger partial charge in [0.15, 0.2) is 21.4 Å². The molecular formula is C15H11BrCl2N4O2S. The number of hydrogen-bond acceptors (Lipinski definition) is 5. The zero-order valence-electron chi connectivity index (χ0n) is 12.8. The van der Waals surface area contributed by atoms with Gasteiger partial charge in [-0.25, -0.2) is 0 Å². The summed E-state index contributed by atoms with van der Waals surface area (Å²) < 4.78 is 7.83. The van der Waals surface area contributed by atoms with Gasteiger partial charge in [0, 0.05) is 7.05 Å². The van der Waals surface area contributed by atoms with Gasteiger partial charge < -0.3 is 14.3 Å². The summed E-state index contributed by atoms with van der Waals surface area (Å²) in [7, 11) is 1.80. The summed E-state index contributed by atoms with van der Waals surface area (Å²) >= 11 is 16.6. The maximum atomic E-state index is 12.2. The number of rotatable bonds is 5. The smallest absolute Gasteiger partial charge is 0.234 e. The lowest BCUT2D eigenvalue weighted by Gasteiger charge is -2.08. The van der Waals surface area contributed by atoms with Crippen LogP contribution in [0.1, 0.15) is 0 Å². The van der Waals surface area contributed by atoms with Gasteiger partial charge in [-0.15, -0.1) is 10.2 Å². The summed E-state index contributed by atoms with van der Waals surface area (Å²) in [5.74, 6) is 1.05. The molecule has 0 aliphatic carbocycles. The second kappa shape index (κ2) is 7.82. The van der Waals surface area contributed by atoms with Gasteiger partial charge in [-0.1, -0.05) is 41.0 Å². The number of amides is 1. The van der Waals surface area contributed by atoms with Crippen molar-refractivity contribution in [2.24, 2.45) is 7.05 Å². The molecule has 1 amide bonds. The van der Waals surface area contributed by atoms with Crippen LogP contribution in [0.2, 0.25) is 10.0 Å². The average Bonchev–Trinajstić information content (AvgIpc) is 3.15. The molecule has 6 nitrogen and oxygen atoms in total. The highest BCUT2D eigenvalue weighted by Gasteiger charge is 2.16. The van der Waals surface area contributed by atoms with E-state index in [-0.39, 0.29) is 11.7 Å². The number of hydrogen-bond donors (Lipinski definition) is 1. The number of carbonyl (C=O) groups is 1. The number of carbonyl (C=O) groups excluding carboxylic acids is 1. The number of thioether (sulfide) groups is 1. The monoisotopic (exact) mass is 460 g/mol. The van der Waals surface area contributed by atoms with E-state index in [0.717, 1.165) is 0 Å². The van der Waals surface area contributed by atoms with E-state index in [9.17, 15) is 4.79 Å². The number of para-hydroxylation sites is 1. The van der Waals surface area contributed by atoms with Crippen molar-refractivity contribution in [1.29, 1.82) is 0 Å². The molecule has 130 valence electrons. The Balaban J connectivity index is 1.66. The van der Waals surface area contributed by atoms with Gasteiger partial charge >= 0.3 is 0 Å². The normalized spacial score (nSPS) is 10.9. The standard InChI is InChI=1S/C15H11BrCl2N4O2S/c1-22-14(10-5-6-11(16)24-10)20-21-15(22)25-7-12(23)19-13-8(17)3-2-4-9(13)18/h2-6H,7H2,1H3,(H,19,23). The predicted molar refractivity (Wildman–Crippen MR) is 102 cm³/mol. The third-order valence-corrected chi connectivity index (χ3v) is 5.26. The van der Waals surface area contributed by atoms with E-state index in [1.807, 2.05) is 0 Å². The van der Waals surface area contributed by atoms with Gasteiger partial charge in [-0.3, -0.25) is 4.79 Å². The fraction of sp³-hybridized carbons (Fsp3) is 0.133. The molecule has 2 aromatic heterocycles. The van der Waals surface area contributed by atoms with Crippen molar-refractivity contribution in [3.05, 3.63) is 45.0 Å². The number of nitrogens with one attached hydrogen (secondary N) is 1. The van der Waals surface area contributed by atoms with Crippen molar-refractivity contribution >= 4 is 62.5 Å². The maximum Gasteiger partial charge on any atom is 0.234 e. The summed E-state index contributed by atoms with van der Waals surface area (Å²) in [6.07, 6.45) is 0. The number of anilines is 1. The van der Waals surface area contributed by atoms with Crippen LogP contribution in [0.5, 0.6) is 0 Å². The first-order chi connectivity index (χ1) is 12.0. The van der Waals surface area contributed by atoms with Gasteiger partial charge in [0.25, 0.3) is 0 Å². The first-order valence-corrected chi connectivity index (χ1v) is 9.51. The van der Waals surface area contributed by atoms with Crippen LogP contribution in [0.15, 0.2) is 44.6 Å². The maximum absolute atomic E-state index is 12.2. The Labute approximate surface area is 166 Å². The molecule has 0 radical (unpaired) electrons. The molecule has 0 spiro atoms. The van der Waals surface area contributed by atoms with Gasteiger partial charge in [-0.05, 0) is 40.2 Å². The van der Waals surface area contributed by atoms with Crippen molar-refractivity contribution in [2.75, 3.05) is 11.1 Å². The molecule has 0 saturated heterocycles. The number of halogens is 3. The average molecular weight is 462 g/mol. The number of furan rings is 1. The van der Waals surface area contributed by atoms with Crippen LogP contribution in [0, 0.1) is 0 Å². The first kappa shape index (κ1) is 18.3. The second-order valence-electron chi connectivity index (χ2n) is 4.90. The Morgan fingerprint density at radius 3 is 2.64 bits per heavy atom. The molecule has 0 fully saturated rings. The Morgan fingerprint density at radius 1 is 1.28 bits per heavy atom. The molecule has 0 unspecified atom stereocenters. The number of aromatic nitrogens is 3. The van der Waals surface area contributed by atoms with Crippen LogP contribution in [-0.4, -0.2) is 26.4 Å². The molecule has 1 aromatic carbocycles. The van der Waals surface area contributed by atoms with Gasteiger partial charge in [0.2, 0.25) is 5.91 Å². The van der Waals surface area contributed by atoms with E-state index < -0.39 is 0 Å². The molecule has 0 aliphatic rings. The third kappa shape index (κ3) is 4.20. The SMILES string of the molecule is Cn1c(SCC(=O)Nc2c(Cl)cccc2Cl)nnc1-c1ccc(Br)o1. The Hall–Kier alpha value is -1.48. The summed E-state index contributed by atoms with van der Waals surface area (Å²) in [5, 5.41) is 12.2. The van der Waals surface area contributed by atoms with E-state index in [1.54, 1.807) is 41.9 Å². The molecule has 0 aliphatic heterocycles. The van der Waals surface area contributed by atoms with Crippen LogP contribution in [0.3, 0.4) is 0 Å². The van der Waals surface area contributed by atoms with E-state index in [0.29, 0.717) is 37.1 Å². The van der Waals surface area contributed by atoms with Gasteiger partial charge in [0.05, 0.1) is 21.5 Å². The van der Waals surface area contributed by atoms with Crippen LogP contribution >= 0.6 is 50.9 Å². The minimum absolute atomic E-state index is 0.134. The van der Waals surface area contributed by atoms with E-state index in [4.69, 9.17) is 27.6 Å². The quantitative estimate of drug-likeness (QED) is 0.548. The van der Waals surface area contributed by atoms with Crippen molar-refractivity contribution in [3.63, 3.8) is 0 Å². The lowest BCUT2D eigenvalue weighted by atomic mass is 10.3. The van der Waals surface area contributed by atoms with Crippen LogP contribution in [0.25, 0.3) is 11.6 Å². The van der Waals surface area contributed by atoms with Crippen LogP contribution in [0.4, 0.5) is 5.69 Å². The number of nitrogens with zero attached hydrogens (tertiary/aromatic N) is 3. The zero-order valence-corrected chi connectivity index (χ0v) is 16.7. The highest BCUT2D eigenvalue weighted by atomic mass is 79.9. The first-order valence-electron chi connectivity index (χ1n) is 6.97.